The van der Waals surface area contributed by atoms with Gasteiger partial charge in [0.25, 0.3) is 0 Å². The monoisotopic (exact) mass is 327 g/mol. The van der Waals surface area contributed by atoms with E-state index in [9.17, 15) is 4.39 Å². The lowest BCUT2D eigenvalue weighted by atomic mass is 10.1. The first-order valence-electron chi connectivity index (χ1n) is 9.00. The molecule has 0 saturated heterocycles. The van der Waals surface area contributed by atoms with Crippen LogP contribution in [0.1, 0.15) is 49.7 Å². The molecule has 24 heavy (non-hydrogen) atoms. The molecule has 128 valence electrons. The summed E-state index contributed by atoms with van der Waals surface area (Å²) in [5.74, 6) is 0.690. The maximum Gasteiger partial charge on any atom is 0.124 e. The van der Waals surface area contributed by atoms with Crippen molar-refractivity contribution in [2.75, 3.05) is 0 Å². The highest BCUT2D eigenvalue weighted by atomic mass is 19.1. The molecule has 0 spiro atoms. The van der Waals surface area contributed by atoms with Gasteiger partial charge in [-0.1, -0.05) is 56.0 Å². The van der Waals surface area contributed by atoms with Gasteiger partial charge in [-0.25, -0.2) is 4.39 Å². The summed E-state index contributed by atoms with van der Waals surface area (Å²) in [5.41, 5.74) is 2.16. The van der Waals surface area contributed by atoms with Crippen molar-refractivity contribution in [3.8, 4) is 5.75 Å². The summed E-state index contributed by atoms with van der Waals surface area (Å²) in [6.07, 6.45) is 7.96. The predicted octanol–water partition coefficient (Wildman–Crippen LogP) is 5.22. The Morgan fingerprint density at radius 2 is 1.62 bits per heavy atom. The Morgan fingerprint density at radius 1 is 0.917 bits per heavy atom. The van der Waals surface area contributed by atoms with Crippen molar-refractivity contribution in [1.29, 1.82) is 0 Å². The molecule has 1 fully saturated rings. The summed E-state index contributed by atoms with van der Waals surface area (Å²) in [7, 11) is 0. The summed E-state index contributed by atoms with van der Waals surface area (Å²) in [6, 6.07) is 15.3. The van der Waals surface area contributed by atoms with Crippen molar-refractivity contribution in [2.45, 2.75) is 57.7 Å². The zero-order chi connectivity index (χ0) is 16.6. The van der Waals surface area contributed by atoms with Crippen LogP contribution in [-0.4, -0.2) is 6.04 Å². The molecule has 1 saturated carbocycles. The molecule has 0 radical (unpaired) electrons. The summed E-state index contributed by atoms with van der Waals surface area (Å²) in [4.78, 5) is 0. The Balaban J connectivity index is 1.56. The Hall–Kier alpha value is -1.87. The largest absolute Gasteiger partial charge is 0.489 e. The highest BCUT2D eigenvalue weighted by Gasteiger charge is 2.12. The molecule has 2 nitrogen and oxygen atoms in total. The summed E-state index contributed by atoms with van der Waals surface area (Å²) < 4.78 is 18.9. The number of hydrogen-bond acceptors (Lipinski definition) is 2. The van der Waals surface area contributed by atoms with Gasteiger partial charge in [-0.3, -0.25) is 0 Å². The number of rotatable bonds is 6. The van der Waals surface area contributed by atoms with Gasteiger partial charge in [0, 0.05) is 18.2 Å². The van der Waals surface area contributed by atoms with Crippen LogP contribution in [0.15, 0.2) is 48.5 Å². The van der Waals surface area contributed by atoms with E-state index < -0.39 is 0 Å². The molecule has 2 aromatic rings. The van der Waals surface area contributed by atoms with E-state index in [0.717, 1.165) is 17.9 Å². The summed E-state index contributed by atoms with van der Waals surface area (Å²) in [5, 5.41) is 3.69. The van der Waals surface area contributed by atoms with Gasteiger partial charge in [-0.05, 0) is 36.6 Å². The van der Waals surface area contributed by atoms with Crippen LogP contribution in [0.2, 0.25) is 0 Å². The smallest absolute Gasteiger partial charge is 0.124 e. The second-order valence-electron chi connectivity index (χ2n) is 6.59. The number of para-hydroxylation sites is 1. The minimum absolute atomic E-state index is 0.216. The highest BCUT2D eigenvalue weighted by molar-refractivity contribution is 5.33. The summed E-state index contributed by atoms with van der Waals surface area (Å²) >= 11 is 0. The number of hydrogen-bond donors (Lipinski definition) is 1. The van der Waals surface area contributed by atoms with E-state index in [2.05, 4.69) is 17.4 Å². The number of ether oxygens (including phenoxy) is 1. The molecular formula is C21H26FNO. The van der Waals surface area contributed by atoms with E-state index >= 15 is 0 Å². The van der Waals surface area contributed by atoms with Gasteiger partial charge in [0.05, 0.1) is 0 Å². The molecule has 1 aliphatic carbocycles. The van der Waals surface area contributed by atoms with Crippen LogP contribution in [0, 0.1) is 5.82 Å². The normalized spacial score (nSPS) is 15.9. The third-order valence-corrected chi connectivity index (χ3v) is 4.72. The van der Waals surface area contributed by atoms with E-state index in [1.165, 1.54) is 56.2 Å². The molecule has 1 aliphatic rings. The predicted molar refractivity (Wildman–Crippen MR) is 95.5 cm³/mol. The van der Waals surface area contributed by atoms with Crippen LogP contribution in [0.3, 0.4) is 0 Å². The molecular weight excluding hydrogens is 301 g/mol. The molecule has 0 aromatic heterocycles. The minimum Gasteiger partial charge on any atom is -0.489 e. The Morgan fingerprint density at radius 3 is 2.38 bits per heavy atom. The topological polar surface area (TPSA) is 21.3 Å². The van der Waals surface area contributed by atoms with Crippen molar-refractivity contribution in [3.05, 3.63) is 65.5 Å². The van der Waals surface area contributed by atoms with Gasteiger partial charge in [0.15, 0.2) is 0 Å². The molecule has 2 aromatic carbocycles. The molecule has 0 heterocycles. The van der Waals surface area contributed by atoms with E-state index in [0.29, 0.717) is 12.6 Å². The fourth-order valence-corrected chi connectivity index (χ4v) is 3.27. The van der Waals surface area contributed by atoms with Crippen molar-refractivity contribution in [3.63, 3.8) is 0 Å². The molecule has 0 unspecified atom stereocenters. The Kier molecular flexibility index (Phi) is 6.25. The number of halogens is 1. The van der Waals surface area contributed by atoms with Crippen molar-refractivity contribution in [2.24, 2.45) is 0 Å². The Labute approximate surface area is 144 Å². The third-order valence-electron chi connectivity index (χ3n) is 4.72. The second-order valence-corrected chi connectivity index (χ2v) is 6.59. The van der Waals surface area contributed by atoms with Crippen molar-refractivity contribution < 1.29 is 9.13 Å². The first-order valence-corrected chi connectivity index (χ1v) is 9.00. The second kappa shape index (κ2) is 8.84. The lowest BCUT2D eigenvalue weighted by Crippen LogP contribution is -2.28. The maximum absolute atomic E-state index is 13.0. The number of benzene rings is 2. The van der Waals surface area contributed by atoms with E-state index in [1.54, 1.807) is 12.1 Å². The van der Waals surface area contributed by atoms with Gasteiger partial charge in [-0.2, -0.15) is 0 Å². The van der Waals surface area contributed by atoms with E-state index in [1.807, 2.05) is 12.1 Å². The molecule has 3 heteroatoms. The van der Waals surface area contributed by atoms with Crippen LogP contribution < -0.4 is 10.1 Å². The average molecular weight is 327 g/mol. The van der Waals surface area contributed by atoms with Crippen molar-refractivity contribution >= 4 is 0 Å². The van der Waals surface area contributed by atoms with Gasteiger partial charge < -0.3 is 10.1 Å². The van der Waals surface area contributed by atoms with Crippen LogP contribution in [-0.2, 0) is 13.2 Å². The molecule has 0 bridgehead atoms. The molecule has 0 amide bonds. The molecule has 1 N–H and O–H groups in total. The standard InChI is InChI=1S/C21H26FNO/c22-19-13-11-17(12-14-19)16-24-21-10-6-5-7-18(21)15-23-20-8-3-1-2-4-9-20/h5-7,10-14,20,23H,1-4,8-9,15-16H2. The zero-order valence-corrected chi connectivity index (χ0v) is 14.1. The van der Waals surface area contributed by atoms with E-state index in [-0.39, 0.29) is 5.82 Å². The molecule has 0 aliphatic heterocycles. The lowest BCUT2D eigenvalue weighted by molar-refractivity contribution is 0.301. The Bertz CT molecular complexity index is 618. The fraction of sp³-hybridized carbons (Fsp3) is 0.429. The van der Waals surface area contributed by atoms with Crippen LogP contribution in [0.4, 0.5) is 4.39 Å². The zero-order valence-electron chi connectivity index (χ0n) is 14.1. The van der Waals surface area contributed by atoms with Gasteiger partial charge >= 0.3 is 0 Å². The highest BCUT2D eigenvalue weighted by Crippen LogP contribution is 2.22. The summed E-state index contributed by atoms with van der Waals surface area (Å²) in [6.45, 7) is 1.30. The van der Waals surface area contributed by atoms with Gasteiger partial charge in [0.1, 0.15) is 18.2 Å². The average Bonchev–Trinajstić information content (AvgIpc) is 2.89. The minimum atomic E-state index is -0.216. The first kappa shape index (κ1) is 17.0. The third kappa shape index (κ3) is 5.07. The van der Waals surface area contributed by atoms with Crippen LogP contribution >= 0.6 is 0 Å². The van der Waals surface area contributed by atoms with E-state index in [4.69, 9.17) is 4.74 Å². The first-order chi connectivity index (χ1) is 11.8. The molecule has 3 rings (SSSR count). The maximum atomic E-state index is 13.0. The molecule has 0 atom stereocenters. The SMILES string of the molecule is Fc1ccc(COc2ccccc2CNC2CCCCCC2)cc1. The van der Waals surface area contributed by atoms with Gasteiger partial charge in [-0.15, -0.1) is 0 Å². The number of nitrogens with one attached hydrogen (secondary N) is 1. The quantitative estimate of drug-likeness (QED) is 0.735. The lowest BCUT2D eigenvalue weighted by Gasteiger charge is -2.18. The van der Waals surface area contributed by atoms with Crippen LogP contribution in [0.25, 0.3) is 0 Å². The van der Waals surface area contributed by atoms with Crippen molar-refractivity contribution in [1.82, 2.24) is 5.32 Å². The van der Waals surface area contributed by atoms with Gasteiger partial charge in [0.2, 0.25) is 0 Å². The van der Waals surface area contributed by atoms with Crippen LogP contribution in [0.5, 0.6) is 5.75 Å². The fourth-order valence-electron chi connectivity index (χ4n) is 3.27.